The quantitative estimate of drug-likeness (QED) is 0.139. The molecule has 6 rings (SSSR count). The molecule has 4 N–H and O–H groups in total. The lowest BCUT2D eigenvalue weighted by molar-refractivity contribution is -0.137. The summed E-state index contributed by atoms with van der Waals surface area (Å²) in [6, 6.07) is 13.8. The number of aromatic nitrogens is 3. The maximum atomic E-state index is 12.9. The van der Waals surface area contributed by atoms with Gasteiger partial charge in [-0.15, -0.1) is 10.2 Å². The molecule has 55 heavy (non-hydrogen) atoms. The average Bonchev–Trinajstić information content (AvgIpc) is 3.19. The van der Waals surface area contributed by atoms with E-state index in [9.17, 15) is 19.2 Å². The number of nitriles is 1. The van der Waals surface area contributed by atoms with Crippen LogP contribution in [0.15, 0.2) is 48.7 Å². The van der Waals surface area contributed by atoms with Crippen molar-refractivity contribution in [1.29, 1.82) is 5.26 Å². The van der Waals surface area contributed by atoms with Gasteiger partial charge in [-0.05, 0) is 99.4 Å². The van der Waals surface area contributed by atoms with Gasteiger partial charge in [-0.1, -0.05) is 11.6 Å². The van der Waals surface area contributed by atoms with Crippen molar-refractivity contribution < 1.29 is 23.9 Å². The van der Waals surface area contributed by atoms with Crippen LogP contribution in [0, 0.1) is 17.2 Å². The van der Waals surface area contributed by atoms with E-state index in [0.717, 1.165) is 88.4 Å². The van der Waals surface area contributed by atoms with Gasteiger partial charge in [-0.2, -0.15) is 5.26 Å². The minimum Gasteiger partial charge on any atom is -0.490 e. The number of ether oxygens (including phenoxy) is 1. The molecule has 1 atom stereocenters. The number of carbonyl (C=O) groups excluding carboxylic acids is 4. The van der Waals surface area contributed by atoms with E-state index >= 15 is 0 Å². The lowest BCUT2D eigenvalue weighted by Crippen LogP contribution is -2.52. The van der Waals surface area contributed by atoms with Crippen LogP contribution in [0.2, 0.25) is 5.02 Å². The van der Waals surface area contributed by atoms with Gasteiger partial charge in [0.25, 0.3) is 5.91 Å². The van der Waals surface area contributed by atoms with Gasteiger partial charge < -0.3 is 30.5 Å². The van der Waals surface area contributed by atoms with Crippen molar-refractivity contribution in [3.63, 3.8) is 0 Å². The molecule has 2 aliphatic heterocycles. The molecule has 3 aromatic rings. The molecule has 1 saturated carbocycles. The summed E-state index contributed by atoms with van der Waals surface area (Å²) in [5, 5.41) is 29.7. The van der Waals surface area contributed by atoms with Gasteiger partial charge in [0.05, 0.1) is 23.1 Å². The van der Waals surface area contributed by atoms with Crippen molar-refractivity contribution in [3.8, 4) is 11.8 Å². The Morgan fingerprint density at radius 1 is 1.02 bits per heavy atom. The lowest BCUT2D eigenvalue weighted by atomic mass is 9.93. The Morgan fingerprint density at radius 2 is 1.82 bits per heavy atom. The predicted octanol–water partition coefficient (Wildman–Crippen LogP) is 2.92. The Balaban J connectivity index is 0.851. The van der Waals surface area contributed by atoms with Gasteiger partial charge in [0, 0.05) is 58.0 Å². The molecule has 0 bridgehead atoms. The molecule has 290 valence electrons. The van der Waals surface area contributed by atoms with Crippen molar-refractivity contribution in [2.45, 2.75) is 76.0 Å². The summed E-state index contributed by atoms with van der Waals surface area (Å²) in [5.41, 5.74) is 1.51. The lowest BCUT2D eigenvalue weighted by Gasteiger charge is -2.32. The van der Waals surface area contributed by atoms with Crippen molar-refractivity contribution in [2.24, 2.45) is 5.92 Å². The van der Waals surface area contributed by atoms with Gasteiger partial charge >= 0.3 is 0 Å². The van der Waals surface area contributed by atoms with Crippen LogP contribution in [-0.2, 0) is 20.8 Å². The second kappa shape index (κ2) is 18.8. The number of halogens is 1. The number of nitrogens with zero attached hydrogens (tertiary/aromatic N) is 6. The molecular formula is C39H47ClN10O5. The van der Waals surface area contributed by atoms with Crippen LogP contribution in [0.25, 0.3) is 0 Å². The van der Waals surface area contributed by atoms with Crippen LogP contribution < -0.4 is 35.8 Å². The van der Waals surface area contributed by atoms with Gasteiger partial charge in [0.1, 0.15) is 23.7 Å². The molecule has 2 saturated heterocycles. The highest BCUT2D eigenvalue weighted by atomic mass is 35.5. The van der Waals surface area contributed by atoms with E-state index in [1.54, 1.807) is 36.5 Å². The number of likely N-dealkylation sites (N-methyl/N-ethyl adjacent to an activating group) is 1. The van der Waals surface area contributed by atoms with Crippen molar-refractivity contribution in [1.82, 2.24) is 36.4 Å². The maximum absolute atomic E-state index is 12.9. The number of hydrogen-bond donors (Lipinski definition) is 4. The molecule has 15 nitrogen and oxygen atoms in total. The summed E-state index contributed by atoms with van der Waals surface area (Å²) in [4.78, 5) is 57.5. The summed E-state index contributed by atoms with van der Waals surface area (Å²) in [6.07, 6.45) is 7.52. The molecule has 1 aliphatic carbocycles. The molecule has 0 spiro atoms. The Kier molecular flexibility index (Phi) is 13.5. The third-order valence-corrected chi connectivity index (χ3v) is 10.7. The van der Waals surface area contributed by atoms with E-state index in [-0.39, 0.29) is 42.7 Å². The molecule has 2 aromatic heterocycles. The number of anilines is 2. The molecular weight excluding hydrogens is 724 g/mol. The topological polar surface area (TPSA) is 195 Å². The number of amides is 4. The number of imide groups is 1. The zero-order valence-corrected chi connectivity index (χ0v) is 31.7. The standard InChI is InChI=1S/C39H47ClN10O5/c1-49(35-20-26(12-15-43-35)21-37(52)45-32-9-11-36(51)46-38(32)53)19-16-42-24-25-13-17-50(18-14-25)34-10-8-33(47-48-34)39(54)44-28-3-6-29(7-4-28)55-30-5-2-27(23-41)31(40)22-30/h2,5,8,10,12,15,20,22,25,28-29,32,42H,3-4,6-7,9,11,13-14,16-19,21,24H2,1H3,(H,44,54)(H,45,52)(H,46,51,53). The zero-order chi connectivity index (χ0) is 38.7. The number of pyridine rings is 1. The number of piperidine rings is 2. The Hall–Kier alpha value is -5.33. The van der Waals surface area contributed by atoms with Crippen LogP contribution in [0.3, 0.4) is 0 Å². The summed E-state index contributed by atoms with van der Waals surface area (Å²) >= 11 is 6.14. The van der Waals surface area contributed by atoms with Gasteiger partial charge in [-0.25, -0.2) is 4.98 Å². The van der Waals surface area contributed by atoms with Gasteiger partial charge in [0.2, 0.25) is 17.7 Å². The number of carbonyl (C=O) groups is 4. The normalized spacial score (nSPS) is 20.2. The Morgan fingerprint density at radius 3 is 2.53 bits per heavy atom. The molecule has 3 aliphatic rings. The minimum atomic E-state index is -0.692. The third-order valence-electron chi connectivity index (χ3n) is 10.4. The smallest absolute Gasteiger partial charge is 0.272 e. The van der Waals surface area contributed by atoms with Gasteiger partial charge in [0.15, 0.2) is 11.5 Å². The number of benzene rings is 1. The average molecular weight is 771 g/mol. The van der Waals surface area contributed by atoms with Crippen molar-refractivity contribution >= 4 is 46.9 Å². The molecule has 4 amide bonds. The highest BCUT2D eigenvalue weighted by molar-refractivity contribution is 6.31. The highest BCUT2D eigenvalue weighted by Gasteiger charge is 2.28. The molecule has 1 aromatic carbocycles. The van der Waals surface area contributed by atoms with E-state index in [4.69, 9.17) is 21.6 Å². The largest absolute Gasteiger partial charge is 0.490 e. The predicted molar refractivity (Wildman–Crippen MR) is 206 cm³/mol. The van der Waals surface area contributed by atoms with Crippen molar-refractivity contribution in [3.05, 3.63) is 70.5 Å². The van der Waals surface area contributed by atoms with E-state index in [1.807, 2.05) is 30.1 Å². The fraction of sp³-hybridized carbons (Fsp3) is 0.487. The fourth-order valence-corrected chi connectivity index (χ4v) is 7.34. The van der Waals surface area contributed by atoms with Crippen LogP contribution in [0.4, 0.5) is 11.6 Å². The first kappa shape index (κ1) is 39.4. The summed E-state index contributed by atoms with van der Waals surface area (Å²) < 4.78 is 6.07. The first-order chi connectivity index (χ1) is 26.6. The molecule has 1 unspecified atom stereocenters. The van der Waals surface area contributed by atoms with Crippen LogP contribution >= 0.6 is 11.6 Å². The first-order valence-electron chi connectivity index (χ1n) is 18.9. The van der Waals surface area contributed by atoms with Crippen LogP contribution in [0.1, 0.15) is 73.0 Å². The maximum Gasteiger partial charge on any atom is 0.272 e. The Labute approximate surface area is 325 Å². The van der Waals surface area contributed by atoms with E-state index in [0.29, 0.717) is 34.4 Å². The second-order valence-electron chi connectivity index (χ2n) is 14.4. The third kappa shape index (κ3) is 11.1. The fourth-order valence-electron chi connectivity index (χ4n) is 7.13. The molecule has 3 fully saturated rings. The summed E-state index contributed by atoms with van der Waals surface area (Å²) in [5.74, 6) is 1.42. The molecule has 0 radical (unpaired) electrons. The van der Waals surface area contributed by atoms with Crippen molar-refractivity contribution in [2.75, 3.05) is 49.6 Å². The number of rotatable bonds is 14. The second-order valence-corrected chi connectivity index (χ2v) is 14.8. The van der Waals surface area contributed by atoms with Gasteiger partial charge in [-0.3, -0.25) is 24.5 Å². The number of nitrogens with one attached hydrogen (secondary N) is 4. The minimum absolute atomic E-state index is 0.0235. The zero-order valence-electron chi connectivity index (χ0n) is 30.9. The van der Waals surface area contributed by atoms with E-state index < -0.39 is 11.9 Å². The van der Waals surface area contributed by atoms with E-state index in [2.05, 4.69) is 41.3 Å². The Bertz CT molecular complexity index is 1870. The van der Waals surface area contributed by atoms with Crippen LogP contribution in [-0.4, -0.2) is 96.8 Å². The molecule has 16 heteroatoms. The first-order valence-corrected chi connectivity index (χ1v) is 19.3. The highest BCUT2D eigenvalue weighted by Crippen LogP contribution is 2.28. The monoisotopic (exact) mass is 770 g/mol. The van der Waals surface area contributed by atoms with E-state index in [1.165, 1.54) is 0 Å². The molecule has 4 heterocycles. The summed E-state index contributed by atoms with van der Waals surface area (Å²) in [7, 11) is 1.96. The number of hydrogen-bond acceptors (Lipinski definition) is 12. The summed E-state index contributed by atoms with van der Waals surface area (Å²) in [6.45, 7) is 4.13. The van der Waals surface area contributed by atoms with Crippen LogP contribution in [0.5, 0.6) is 5.75 Å². The SMILES string of the molecule is CN(CCNCC1CCN(c2ccc(C(=O)NC3CCC(Oc4ccc(C#N)c(Cl)c4)CC3)nn2)CC1)c1cc(CC(=O)NC2CCC(=O)NC2=O)ccn1.